The first-order valence-electron chi connectivity index (χ1n) is 13.3. The normalized spacial score (nSPS) is 14.3. The van der Waals surface area contributed by atoms with Crippen molar-refractivity contribution in [2.75, 3.05) is 33.3 Å². The van der Waals surface area contributed by atoms with Crippen LogP contribution in [0.5, 0.6) is 0 Å². The molecule has 0 radical (unpaired) electrons. The number of phosphoric acid groups is 1. The number of aromatic amines is 1. The highest BCUT2D eigenvalue weighted by atomic mass is 32.2. The number of benzene rings is 2. The highest BCUT2D eigenvalue weighted by Crippen LogP contribution is 2.40. The van der Waals surface area contributed by atoms with Crippen LogP contribution in [0, 0.1) is 13.8 Å². The molecule has 4 aromatic rings. The van der Waals surface area contributed by atoms with E-state index in [0.29, 0.717) is 42.7 Å². The summed E-state index contributed by atoms with van der Waals surface area (Å²) in [5.74, 6) is -0.296. The van der Waals surface area contributed by atoms with Gasteiger partial charge in [-0.15, -0.1) is 0 Å². The topological polar surface area (TPSA) is 162 Å². The largest absolute Gasteiger partial charge is 0.469 e. The fourth-order valence-electron chi connectivity index (χ4n) is 4.95. The van der Waals surface area contributed by atoms with Gasteiger partial charge in [-0.2, -0.15) is 0 Å². The second-order valence-corrected chi connectivity index (χ2v) is 14.0. The van der Waals surface area contributed by atoms with Crippen LogP contribution < -0.4 is 5.32 Å². The minimum atomic E-state index is -4.53. The van der Waals surface area contributed by atoms with Crippen molar-refractivity contribution in [1.29, 1.82) is 0 Å². The third-order valence-electron chi connectivity index (χ3n) is 7.32. The van der Waals surface area contributed by atoms with E-state index < -0.39 is 17.7 Å². The van der Waals surface area contributed by atoms with Crippen molar-refractivity contribution in [3.63, 3.8) is 0 Å². The van der Waals surface area contributed by atoms with Gasteiger partial charge in [0.15, 0.2) is 9.84 Å². The van der Waals surface area contributed by atoms with Gasteiger partial charge in [0.25, 0.3) is 5.91 Å². The number of carbonyl (C=O) groups excluding carboxylic acids is 1. The Kier molecular flexibility index (Phi) is 8.08. The van der Waals surface area contributed by atoms with Crippen LogP contribution in [0.4, 0.5) is 0 Å². The van der Waals surface area contributed by atoms with Crippen LogP contribution in [0.2, 0.25) is 0 Å². The number of aromatic nitrogens is 2. The number of pyridine rings is 1. The maximum atomic E-state index is 13.4. The van der Waals surface area contributed by atoms with Gasteiger partial charge in [0, 0.05) is 42.2 Å². The second-order valence-electron chi connectivity index (χ2n) is 10.5. The van der Waals surface area contributed by atoms with E-state index in [-0.39, 0.29) is 29.2 Å². The smallest absolute Gasteiger partial charge is 0.351 e. The number of hydrogen-bond acceptors (Lipinski definition) is 7. The van der Waals surface area contributed by atoms with Crippen molar-refractivity contribution < 1.29 is 32.1 Å². The van der Waals surface area contributed by atoms with Crippen LogP contribution in [0.3, 0.4) is 0 Å². The van der Waals surface area contributed by atoms with Crippen molar-refractivity contribution >= 4 is 45.5 Å². The highest BCUT2D eigenvalue weighted by molar-refractivity contribution is 7.92. The van der Waals surface area contributed by atoms with E-state index in [0.717, 1.165) is 33.0 Å². The van der Waals surface area contributed by atoms with Gasteiger partial charge in [0.2, 0.25) is 0 Å². The van der Waals surface area contributed by atoms with Gasteiger partial charge in [-0.3, -0.25) is 9.32 Å². The molecule has 11 nitrogen and oxygen atoms in total. The second kappa shape index (κ2) is 11.3. The molecule has 2 aromatic carbocycles. The minimum absolute atomic E-state index is 0.142. The lowest BCUT2D eigenvalue weighted by atomic mass is 9.93. The SMILES string of the molecule is Cc1cnc2[nH]c3c(C)c(C(=O)NCCN(C)CCOP(=O)(O)O)cc(-c4cccc(S(=O)(=O)C5CC5)c4)c3c2c1. The Hall–Kier alpha value is -3.12. The number of likely N-dealkylation sites (N-methyl/N-ethyl adjacent to an activating group) is 1. The van der Waals surface area contributed by atoms with E-state index in [9.17, 15) is 17.8 Å². The first kappa shape index (κ1) is 29.4. The molecular weight excluding hydrogens is 567 g/mol. The number of amides is 1. The van der Waals surface area contributed by atoms with Crippen molar-refractivity contribution in [3.05, 3.63) is 59.3 Å². The van der Waals surface area contributed by atoms with Crippen LogP contribution in [-0.2, 0) is 18.9 Å². The summed E-state index contributed by atoms with van der Waals surface area (Å²) in [6.45, 7) is 4.68. The monoisotopic (exact) mass is 600 g/mol. The maximum absolute atomic E-state index is 13.4. The molecule has 0 aliphatic heterocycles. The third-order valence-corrected chi connectivity index (χ3v) is 10.1. The third kappa shape index (κ3) is 6.38. The predicted molar refractivity (Wildman–Crippen MR) is 157 cm³/mol. The molecule has 0 spiro atoms. The number of nitrogens with zero attached hydrogens (tertiary/aromatic N) is 2. The molecule has 4 N–H and O–H groups in total. The first-order chi connectivity index (χ1) is 19.3. The Bertz CT molecular complexity index is 1790. The van der Waals surface area contributed by atoms with E-state index in [1.165, 1.54) is 0 Å². The summed E-state index contributed by atoms with van der Waals surface area (Å²) in [6.07, 6.45) is 3.11. The summed E-state index contributed by atoms with van der Waals surface area (Å²) in [5, 5.41) is 4.35. The number of rotatable bonds is 11. The number of H-pyrrole nitrogens is 1. The quantitative estimate of drug-likeness (QED) is 0.188. The molecule has 0 unspecified atom stereocenters. The Balaban J connectivity index is 1.49. The molecule has 1 aliphatic carbocycles. The minimum Gasteiger partial charge on any atom is -0.351 e. The fourth-order valence-corrected chi connectivity index (χ4v) is 6.97. The summed E-state index contributed by atoms with van der Waals surface area (Å²) in [5.41, 5.74) is 5.01. The van der Waals surface area contributed by atoms with Gasteiger partial charge in [0.1, 0.15) is 5.65 Å². The summed E-state index contributed by atoms with van der Waals surface area (Å²) in [6, 6.07) is 10.7. The fraction of sp³-hybridized carbons (Fsp3) is 0.357. The van der Waals surface area contributed by atoms with E-state index in [1.807, 2.05) is 32.0 Å². The average molecular weight is 601 g/mol. The molecule has 13 heteroatoms. The van der Waals surface area contributed by atoms with Gasteiger partial charge >= 0.3 is 7.82 Å². The van der Waals surface area contributed by atoms with Crippen molar-refractivity contribution in [2.24, 2.45) is 0 Å². The molecule has 5 rings (SSSR count). The van der Waals surface area contributed by atoms with Gasteiger partial charge in [-0.25, -0.2) is 18.0 Å². The first-order valence-corrected chi connectivity index (χ1v) is 16.4. The number of hydrogen-bond donors (Lipinski definition) is 4. The Morgan fingerprint density at radius 3 is 2.66 bits per heavy atom. The highest BCUT2D eigenvalue weighted by Gasteiger charge is 2.37. The molecule has 0 saturated heterocycles. The standard InChI is InChI=1S/C28H33N4O7PS/c1-17-13-24-25-23(19-5-4-6-21(14-19)41(37,38)20-7-8-20)15-22(18(2)26(25)31-27(24)30-16-17)28(33)29-9-10-32(3)11-12-39-40(34,35)36/h4-6,13-16,20H,7-12H2,1-3H3,(H,29,33)(H,30,31)(H2,34,35,36). The van der Waals surface area contributed by atoms with Gasteiger partial charge < -0.3 is 25.0 Å². The molecule has 41 heavy (non-hydrogen) atoms. The lowest BCUT2D eigenvalue weighted by Gasteiger charge is -2.18. The number of sulfone groups is 1. The summed E-state index contributed by atoms with van der Waals surface area (Å²) >= 11 is 0. The molecule has 1 amide bonds. The Morgan fingerprint density at radius 1 is 1.20 bits per heavy atom. The van der Waals surface area contributed by atoms with E-state index in [4.69, 9.17) is 9.79 Å². The maximum Gasteiger partial charge on any atom is 0.469 e. The molecule has 1 fully saturated rings. The number of aryl methyl sites for hydroxylation is 2. The van der Waals surface area contributed by atoms with E-state index in [1.54, 1.807) is 36.3 Å². The number of nitrogens with one attached hydrogen (secondary N) is 2. The summed E-state index contributed by atoms with van der Waals surface area (Å²) < 4.78 is 41.4. The number of phosphoric ester groups is 1. The molecule has 0 atom stereocenters. The zero-order valence-corrected chi connectivity index (χ0v) is 24.8. The van der Waals surface area contributed by atoms with Crippen LogP contribution in [0.1, 0.15) is 34.3 Å². The van der Waals surface area contributed by atoms with E-state index >= 15 is 0 Å². The molecule has 2 aromatic heterocycles. The van der Waals surface area contributed by atoms with Gasteiger partial charge in [-0.1, -0.05) is 12.1 Å². The molecule has 0 bridgehead atoms. The summed E-state index contributed by atoms with van der Waals surface area (Å²) in [4.78, 5) is 41.1. The lowest BCUT2D eigenvalue weighted by molar-refractivity contribution is 0.0948. The van der Waals surface area contributed by atoms with Crippen LogP contribution >= 0.6 is 7.82 Å². The van der Waals surface area contributed by atoms with Crippen LogP contribution in [0.25, 0.3) is 33.1 Å². The Morgan fingerprint density at radius 2 is 1.95 bits per heavy atom. The molecular formula is C28H33N4O7PS. The molecule has 1 saturated carbocycles. The van der Waals surface area contributed by atoms with Crippen LogP contribution in [-0.4, -0.2) is 77.5 Å². The van der Waals surface area contributed by atoms with Gasteiger partial charge in [0.05, 0.1) is 22.3 Å². The van der Waals surface area contributed by atoms with Crippen LogP contribution in [0.15, 0.2) is 47.5 Å². The van der Waals surface area contributed by atoms with Crippen molar-refractivity contribution in [3.8, 4) is 11.1 Å². The molecule has 218 valence electrons. The summed E-state index contributed by atoms with van der Waals surface area (Å²) in [7, 11) is -6.18. The van der Waals surface area contributed by atoms with E-state index in [2.05, 4.69) is 19.8 Å². The zero-order chi connectivity index (χ0) is 29.5. The lowest BCUT2D eigenvalue weighted by Crippen LogP contribution is -2.34. The Labute approximate surface area is 238 Å². The zero-order valence-electron chi connectivity index (χ0n) is 23.0. The molecule has 2 heterocycles. The van der Waals surface area contributed by atoms with Crippen molar-refractivity contribution in [1.82, 2.24) is 20.2 Å². The predicted octanol–water partition coefficient (Wildman–Crippen LogP) is 3.71. The van der Waals surface area contributed by atoms with Gasteiger partial charge in [-0.05, 0) is 80.3 Å². The number of fused-ring (bicyclic) bond motifs is 3. The molecule has 1 aliphatic rings. The van der Waals surface area contributed by atoms with Crippen molar-refractivity contribution in [2.45, 2.75) is 36.8 Å². The number of carbonyl (C=O) groups is 1. The average Bonchev–Trinajstić information content (AvgIpc) is 3.70.